The molecule has 0 spiro atoms. The van der Waals surface area contributed by atoms with Gasteiger partial charge >= 0.3 is 0 Å². The molecule has 0 atom stereocenters. The highest BCUT2D eigenvalue weighted by Crippen LogP contribution is 2.25. The predicted octanol–water partition coefficient (Wildman–Crippen LogP) is 4.03. The molecule has 0 aliphatic rings. The quantitative estimate of drug-likeness (QED) is 0.757. The van der Waals surface area contributed by atoms with Gasteiger partial charge in [0.15, 0.2) is 6.61 Å². The third kappa shape index (κ3) is 3.94. The summed E-state index contributed by atoms with van der Waals surface area (Å²) in [4.78, 5) is 16.6. The van der Waals surface area contributed by atoms with Gasteiger partial charge < -0.3 is 14.6 Å². The minimum Gasteiger partial charge on any atom is -0.483 e. The Kier molecular flexibility index (Phi) is 5.07. The summed E-state index contributed by atoms with van der Waals surface area (Å²) in [5.41, 5.74) is 4.92. The topological polar surface area (TPSA) is 56.1 Å². The predicted molar refractivity (Wildman–Crippen MR) is 103 cm³/mol. The average Bonchev–Trinajstić information content (AvgIpc) is 3.00. The molecular weight excluding hydrogens is 326 g/mol. The zero-order chi connectivity index (χ0) is 18.7. The van der Waals surface area contributed by atoms with Gasteiger partial charge in [0, 0.05) is 30.7 Å². The van der Waals surface area contributed by atoms with Crippen LogP contribution in [-0.4, -0.2) is 22.1 Å². The van der Waals surface area contributed by atoms with E-state index in [2.05, 4.69) is 22.4 Å². The summed E-state index contributed by atoms with van der Waals surface area (Å²) < 4.78 is 7.69. The number of amides is 1. The Morgan fingerprint density at radius 1 is 1.15 bits per heavy atom. The van der Waals surface area contributed by atoms with Crippen LogP contribution in [0.3, 0.4) is 0 Å². The number of anilines is 1. The SMILES string of the molecule is Cc1cc(C)c(OCC(=O)Nc2cccc(-c3nccn3C)c2)c(C)c1. The molecule has 0 unspecified atom stereocenters. The van der Waals surface area contributed by atoms with Gasteiger partial charge in [-0.2, -0.15) is 0 Å². The lowest BCUT2D eigenvalue weighted by Crippen LogP contribution is -2.20. The third-order valence-corrected chi connectivity index (χ3v) is 4.18. The fourth-order valence-corrected chi connectivity index (χ4v) is 3.11. The van der Waals surface area contributed by atoms with E-state index in [4.69, 9.17) is 4.74 Å². The Labute approximate surface area is 153 Å². The van der Waals surface area contributed by atoms with Gasteiger partial charge in [0.1, 0.15) is 11.6 Å². The van der Waals surface area contributed by atoms with Crippen molar-refractivity contribution < 1.29 is 9.53 Å². The van der Waals surface area contributed by atoms with E-state index >= 15 is 0 Å². The molecule has 0 radical (unpaired) electrons. The van der Waals surface area contributed by atoms with E-state index < -0.39 is 0 Å². The Balaban J connectivity index is 1.67. The highest BCUT2D eigenvalue weighted by Gasteiger charge is 2.10. The van der Waals surface area contributed by atoms with E-state index in [0.29, 0.717) is 0 Å². The fourth-order valence-electron chi connectivity index (χ4n) is 3.11. The van der Waals surface area contributed by atoms with Crippen LogP contribution in [-0.2, 0) is 11.8 Å². The maximum atomic E-state index is 12.3. The molecule has 1 amide bonds. The number of nitrogens with one attached hydrogen (secondary N) is 1. The molecule has 3 rings (SSSR count). The first-order chi connectivity index (χ1) is 12.4. The standard InChI is InChI=1S/C21H23N3O2/c1-14-10-15(2)20(16(3)11-14)26-13-19(25)23-18-7-5-6-17(12-18)21-22-8-9-24(21)4/h5-12H,13H2,1-4H3,(H,23,25). The van der Waals surface area contributed by atoms with Crippen molar-refractivity contribution in [2.75, 3.05) is 11.9 Å². The van der Waals surface area contributed by atoms with Crippen LogP contribution in [0.15, 0.2) is 48.8 Å². The number of ether oxygens (including phenoxy) is 1. The smallest absolute Gasteiger partial charge is 0.262 e. The second-order valence-corrected chi connectivity index (χ2v) is 6.51. The van der Waals surface area contributed by atoms with Crippen LogP contribution < -0.4 is 10.1 Å². The van der Waals surface area contributed by atoms with Gasteiger partial charge in [-0.25, -0.2) is 4.98 Å². The van der Waals surface area contributed by atoms with Crippen LogP contribution in [0.1, 0.15) is 16.7 Å². The maximum absolute atomic E-state index is 12.3. The molecule has 134 valence electrons. The van der Waals surface area contributed by atoms with Gasteiger partial charge in [0.2, 0.25) is 0 Å². The van der Waals surface area contributed by atoms with Crippen LogP contribution in [0.25, 0.3) is 11.4 Å². The normalized spacial score (nSPS) is 10.6. The number of carbonyl (C=O) groups excluding carboxylic acids is 1. The summed E-state index contributed by atoms with van der Waals surface area (Å²) in [7, 11) is 1.94. The van der Waals surface area contributed by atoms with Crippen molar-refractivity contribution in [2.45, 2.75) is 20.8 Å². The van der Waals surface area contributed by atoms with E-state index in [1.165, 1.54) is 5.56 Å². The number of nitrogens with zero attached hydrogens (tertiary/aromatic N) is 2. The molecule has 1 heterocycles. The lowest BCUT2D eigenvalue weighted by molar-refractivity contribution is -0.118. The number of hydrogen-bond acceptors (Lipinski definition) is 3. The van der Waals surface area contributed by atoms with E-state index in [1.54, 1.807) is 6.20 Å². The number of aromatic nitrogens is 2. The maximum Gasteiger partial charge on any atom is 0.262 e. The number of aryl methyl sites for hydroxylation is 4. The Hall–Kier alpha value is -3.08. The fraction of sp³-hybridized carbons (Fsp3) is 0.238. The van der Waals surface area contributed by atoms with E-state index in [9.17, 15) is 4.79 Å². The van der Waals surface area contributed by atoms with Crippen molar-refractivity contribution in [3.63, 3.8) is 0 Å². The second kappa shape index (κ2) is 7.44. The summed E-state index contributed by atoms with van der Waals surface area (Å²) in [6, 6.07) is 11.7. The number of carbonyl (C=O) groups is 1. The molecule has 1 aromatic heterocycles. The zero-order valence-electron chi connectivity index (χ0n) is 15.5. The van der Waals surface area contributed by atoms with Crippen LogP contribution in [0, 0.1) is 20.8 Å². The first-order valence-corrected chi connectivity index (χ1v) is 8.52. The van der Waals surface area contributed by atoms with Crippen molar-refractivity contribution in [2.24, 2.45) is 7.05 Å². The highest BCUT2D eigenvalue weighted by molar-refractivity contribution is 5.92. The number of imidazole rings is 1. The zero-order valence-corrected chi connectivity index (χ0v) is 15.5. The van der Waals surface area contributed by atoms with Crippen molar-refractivity contribution in [1.29, 1.82) is 0 Å². The molecule has 3 aromatic rings. The molecule has 2 aromatic carbocycles. The molecule has 0 fully saturated rings. The Bertz CT molecular complexity index is 921. The first-order valence-electron chi connectivity index (χ1n) is 8.52. The summed E-state index contributed by atoms with van der Waals surface area (Å²) >= 11 is 0. The van der Waals surface area contributed by atoms with Crippen molar-refractivity contribution in [3.05, 3.63) is 65.5 Å². The molecular formula is C21H23N3O2. The van der Waals surface area contributed by atoms with Crippen molar-refractivity contribution in [1.82, 2.24) is 9.55 Å². The van der Waals surface area contributed by atoms with Gasteiger partial charge in [-0.3, -0.25) is 4.79 Å². The van der Waals surface area contributed by atoms with Crippen LogP contribution in [0.5, 0.6) is 5.75 Å². The number of rotatable bonds is 5. The van der Waals surface area contributed by atoms with Gasteiger partial charge in [-0.1, -0.05) is 29.8 Å². The molecule has 1 N–H and O–H groups in total. The van der Waals surface area contributed by atoms with E-state index in [-0.39, 0.29) is 12.5 Å². The molecule has 0 aliphatic heterocycles. The van der Waals surface area contributed by atoms with Crippen molar-refractivity contribution in [3.8, 4) is 17.1 Å². The monoisotopic (exact) mass is 349 g/mol. The minimum atomic E-state index is -0.193. The average molecular weight is 349 g/mol. The van der Waals surface area contributed by atoms with Gasteiger partial charge in [-0.05, 0) is 44.0 Å². The summed E-state index contributed by atoms with van der Waals surface area (Å²) in [5, 5.41) is 2.88. The Morgan fingerprint density at radius 2 is 1.88 bits per heavy atom. The van der Waals surface area contributed by atoms with Crippen LogP contribution in [0.2, 0.25) is 0 Å². The molecule has 0 saturated heterocycles. The largest absolute Gasteiger partial charge is 0.483 e. The van der Waals surface area contributed by atoms with Gasteiger partial charge in [0.05, 0.1) is 0 Å². The van der Waals surface area contributed by atoms with E-state index in [1.807, 2.05) is 62.8 Å². The molecule has 0 bridgehead atoms. The van der Waals surface area contributed by atoms with Crippen molar-refractivity contribution >= 4 is 11.6 Å². The Morgan fingerprint density at radius 3 is 2.54 bits per heavy atom. The lowest BCUT2D eigenvalue weighted by atomic mass is 10.1. The lowest BCUT2D eigenvalue weighted by Gasteiger charge is -2.13. The summed E-state index contributed by atoms with van der Waals surface area (Å²) in [5.74, 6) is 1.43. The summed E-state index contributed by atoms with van der Waals surface area (Å²) in [6.07, 6.45) is 3.64. The molecule has 5 heteroatoms. The second-order valence-electron chi connectivity index (χ2n) is 6.51. The van der Waals surface area contributed by atoms with Gasteiger partial charge in [-0.15, -0.1) is 0 Å². The molecule has 0 aliphatic carbocycles. The molecule has 26 heavy (non-hydrogen) atoms. The van der Waals surface area contributed by atoms with E-state index in [0.717, 1.165) is 34.0 Å². The van der Waals surface area contributed by atoms with Gasteiger partial charge in [0.25, 0.3) is 5.91 Å². The minimum absolute atomic E-state index is 0.0304. The van der Waals surface area contributed by atoms with Crippen LogP contribution in [0.4, 0.5) is 5.69 Å². The first kappa shape index (κ1) is 17.7. The third-order valence-electron chi connectivity index (χ3n) is 4.18. The summed E-state index contributed by atoms with van der Waals surface area (Å²) in [6.45, 7) is 6.00. The number of hydrogen-bond donors (Lipinski definition) is 1. The highest BCUT2D eigenvalue weighted by atomic mass is 16.5. The molecule has 0 saturated carbocycles. The number of benzene rings is 2. The molecule has 5 nitrogen and oxygen atoms in total. The van der Waals surface area contributed by atoms with Crippen LogP contribution >= 0.6 is 0 Å².